The number of halogens is 3. The second-order valence-corrected chi connectivity index (χ2v) is 5.43. The van der Waals surface area contributed by atoms with Gasteiger partial charge in [-0.25, -0.2) is 8.78 Å². The summed E-state index contributed by atoms with van der Waals surface area (Å²) in [5.41, 5.74) is 2.14. The van der Waals surface area contributed by atoms with Crippen LogP contribution in [0.5, 0.6) is 0 Å². The zero-order valence-corrected chi connectivity index (χ0v) is 12.1. The van der Waals surface area contributed by atoms with E-state index < -0.39 is 5.82 Å². The predicted molar refractivity (Wildman–Crippen MR) is 78.8 cm³/mol. The summed E-state index contributed by atoms with van der Waals surface area (Å²) in [5, 5.41) is 3.57. The van der Waals surface area contributed by atoms with Gasteiger partial charge in [0.05, 0.1) is 0 Å². The third-order valence-electron chi connectivity index (χ3n) is 2.95. The van der Waals surface area contributed by atoms with Crippen molar-refractivity contribution in [3.05, 3.63) is 58.6 Å². The predicted octanol–water partition coefficient (Wildman–Crippen LogP) is 4.78. The molecule has 0 saturated heterocycles. The van der Waals surface area contributed by atoms with E-state index in [9.17, 15) is 8.78 Å². The van der Waals surface area contributed by atoms with Gasteiger partial charge in [-0.05, 0) is 47.0 Å². The van der Waals surface area contributed by atoms with E-state index >= 15 is 0 Å². The van der Waals surface area contributed by atoms with Crippen molar-refractivity contribution in [1.29, 1.82) is 0 Å². The molecule has 1 N–H and O–H groups in total. The van der Waals surface area contributed by atoms with Gasteiger partial charge in [-0.2, -0.15) is 0 Å². The first-order chi connectivity index (χ1) is 9.45. The van der Waals surface area contributed by atoms with E-state index in [0.717, 1.165) is 5.56 Å². The maximum Gasteiger partial charge on any atom is 0.125 e. The van der Waals surface area contributed by atoms with Crippen LogP contribution in [-0.2, 0) is 6.54 Å². The fourth-order valence-corrected chi connectivity index (χ4v) is 2.22. The van der Waals surface area contributed by atoms with E-state index in [2.05, 4.69) is 5.32 Å². The quantitative estimate of drug-likeness (QED) is 0.855. The van der Waals surface area contributed by atoms with Gasteiger partial charge < -0.3 is 5.32 Å². The Hall–Kier alpha value is -1.45. The molecule has 4 heteroatoms. The Kier molecular flexibility index (Phi) is 4.73. The lowest BCUT2D eigenvalue weighted by Crippen LogP contribution is -2.22. The Bertz CT molecular complexity index is 591. The van der Waals surface area contributed by atoms with Crippen molar-refractivity contribution in [2.45, 2.75) is 26.4 Å². The second kappa shape index (κ2) is 6.33. The van der Waals surface area contributed by atoms with Crippen LogP contribution in [0.1, 0.15) is 19.4 Å². The highest BCUT2D eigenvalue weighted by atomic mass is 35.5. The van der Waals surface area contributed by atoms with Gasteiger partial charge in [-0.3, -0.25) is 0 Å². The molecule has 0 radical (unpaired) electrons. The van der Waals surface area contributed by atoms with Crippen molar-refractivity contribution >= 4 is 11.6 Å². The van der Waals surface area contributed by atoms with Crippen LogP contribution < -0.4 is 5.32 Å². The fraction of sp³-hybridized carbons (Fsp3) is 0.250. The average Bonchev–Trinajstić information content (AvgIpc) is 2.36. The van der Waals surface area contributed by atoms with Gasteiger partial charge in [-0.15, -0.1) is 0 Å². The van der Waals surface area contributed by atoms with Crippen molar-refractivity contribution in [3.8, 4) is 11.1 Å². The SMILES string of the molecule is CC(C)NCc1ccc(F)cc1-c1cc(F)cc(Cl)c1. The van der Waals surface area contributed by atoms with Gasteiger partial charge in [0.1, 0.15) is 11.6 Å². The second-order valence-electron chi connectivity index (χ2n) is 5.00. The minimum absolute atomic E-state index is 0.298. The number of hydrogen-bond acceptors (Lipinski definition) is 1. The van der Waals surface area contributed by atoms with Crippen LogP contribution in [0.25, 0.3) is 11.1 Å². The highest BCUT2D eigenvalue weighted by Crippen LogP contribution is 2.28. The molecule has 0 bridgehead atoms. The van der Waals surface area contributed by atoms with Crippen molar-refractivity contribution in [3.63, 3.8) is 0 Å². The molecule has 0 saturated carbocycles. The number of rotatable bonds is 4. The van der Waals surface area contributed by atoms with E-state index in [-0.39, 0.29) is 5.82 Å². The van der Waals surface area contributed by atoms with E-state index in [1.807, 2.05) is 13.8 Å². The summed E-state index contributed by atoms with van der Waals surface area (Å²) in [4.78, 5) is 0. The first kappa shape index (κ1) is 14.9. The highest BCUT2D eigenvalue weighted by Gasteiger charge is 2.09. The first-order valence-electron chi connectivity index (χ1n) is 6.44. The summed E-state index contributed by atoms with van der Waals surface area (Å²) in [7, 11) is 0. The lowest BCUT2D eigenvalue weighted by atomic mass is 9.99. The lowest BCUT2D eigenvalue weighted by molar-refractivity contribution is 0.587. The average molecular weight is 296 g/mol. The molecule has 20 heavy (non-hydrogen) atoms. The fourth-order valence-electron chi connectivity index (χ4n) is 1.99. The molecule has 106 valence electrons. The minimum Gasteiger partial charge on any atom is -0.310 e. The summed E-state index contributed by atoms with van der Waals surface area (Å²) < 4.78 is 27.0. The number of hydrogen-bond donors (Lipinski definition) is 1. The Balaban J connectivity index is 2.45. The molecular formula is C16H16ClF2N. The van der Waals surface area contributed by atoms with Crippen LogP contribution in [0.3, 0.4) is 0 Å². The van der Waals surface area contributed by atoms with Crippen LogP contribution in [0.2, 0.25) is 5.02 Å². The molecule has 0 aliphatic rings. The van der Waals surface area contributed by atoms with Gasteiger partial charge >= 0.3 is 0 Å². The van der Waals surface area contributed by atoms with E-state index in [1.165, 1.54) is 24.3 Å². The molecule has 0 aromatic heterocycles. The minimum atomic E-state index is -0.431. The molecule has 2 aromatic rings. The summed E-state index contributed by atoms with van der Waals surface area (Å²) in [5.74, 6) is -0.784. The maximum atomic E-state index is 13.5. The highest BCUT2D eigenvalue weighted by molar-refractivity contribution is 6.30. The number of nitrogens with one attached hydrogen (secondary N) is 1. The molecule has 0 aliphatic heterocycles. The molecule has 0 fully saturated rings. The maximum absolute atomic E-state index is 13.5. The van der Waals surface area contributed by atoms with Crippen LogP contribution in [0.15, 0.2) is 36.4 Å². The molecular weight excluding hydrogens is 280 g/mol. The van der Waals surface area contributed by atoms with Crippen LogP contribution >= 0.6 is 11.6 Å². The largest absolute Gasteiger partial charge is 0.310 e. The molecule has 0 amide bonds. The summed E-state index contributed by atoms with van der Waals surface area (Å²) in [6.45, 7) is 4.64. The van der Waals surface area contributed by atoms with Gasteiger partial charge in [0.15, 0.2) is 0 Å². The van der Waals surface area contributed by atoms with Gasteiger partial charge in [0.25, 0.3) is 0 Å². The standard InChI is InChI=1S/C16H16ClF2N/c1-10(2)20-9-11-3-4-14(18)8-16(11)12-5-13(17)7-15(19)6-12/h3-8,10,20H,9H2,1-2H3. The summed E-state index contributed by atoms with van der Waals surface area (Å²) >= 11 is 5.87. The Morgan fingerprint density at radius 3 is 2.45 bits per heavy atom. The van der Waals surface area contributed by atoms with E-state index in [4.69, 9.17) is 11.6 Å². The topological polar surface area (TPSA) is 12.0 Å². The lowest BCUT2D eigenvalue weighted by Gasteiger charge is -2.13. The van der Waals surface area contributed by atoms with Crippen LogP contribution in [-0.4, -0.2) is 6.04 Å². The monoisotopic (exact) mass is 295 g/mol. The summed E-state index contributed by atoms with van der Waals surface area (Å²) in [6, 6.07) is 9.06. The Labute approximate surface area is 122 Å². The van der Waals surface area contributed by atoms with Gasteiger partial charge in [-0.1, -0.05) is 31.5 Å². The van der Waals surface area contributed by atoms with E-state index in [1.54, 1.807) is 12.1 Å². The van der Waals surface area contributed by atoms with Crippen LogP contribution in [0.4, 0.5) is 8.78 Å². The van der Waals surface area contributed by atoms with Gasteiger partial charge in [0, 0.05) is 17.6 Å². The Morgan fingerprint density at radius 2 is 1.80 bits per heavy atom. The molecule has 0 atom stereocenters. The summed E-state index contributed by atoms with van der Waals surface area (Å²) in [6.07, 6.45) is 0. The van der Waals surface area contributed by atoms with Crippen molar-refractivity contribution in [2.75, 3.05) is 0 Å². The van der Waals surface area contributed by atoms with E-state index in [0.29, 0.717) is 28.7 Å². The smallest absolute Gasteiger partial charge is 0.125 e. The molecule has 0 spiro atoms. The van der Waals surface area contributed by atoms with Crippen LogP contribution in [0, 0.1) is 11.6 Å². The van der Waals surface area contributed by atoms with Crippen molar-refractivity contribution < 1.29 is 8.78 Å². The van der Waals surface area contributed by atoms with Crippen molar-refractivity contribution in [2.24, 2.45) is 0 Å². The van der Waals surface area contributed by atoms with Crippen molar-refractivity contribution in [1.82, 2.24) is 5.32 Å². The molecule has 2 rings (SSSR count). The molecule has 0 heterocycles. The molecule has 2 aromatic carbocycles. The third kappa shape index (κ3) is 3.78. The zero-order valence-electron chi connectivity index (χ0n) is 11.4. The normalized spacial score (nSPS) is 11.1. The molecule has 1 nitrogen and oxygen atoms in total. The molecule has 0 unspecified atom stereocenters. The van der Waals surface area contributed by atoms with Gasteiger partial charge in [0.2, 0.25) is 0 Å². The first-order valence-corrected chi connectivity index (χ1v) is 6.82. The molecule has 0 aliphatic carbocycles. The third-order valence-corrected chi connectivity index (χ3v) is 3.16. The number of benzene rings is 2. The Morgan fingerprint density at radius 1 is 1.05 bits per heavy atom. The zero-order chi connectivity index (χ0) is 14.7.